The molecule has 10 rings (SSSR count). The molecule has 0 amide bonds. The SMILES string of the molecule is CC1(C)[C@H](CC(=O)c2cc3ccc(F)c(F)c3s2)C2CCN1CC2.CC1(C)[C@H](N)C2CCN1CC2.Cl.Fc1ccc2ccsc2c1F.O=C=O. The van der Waals surface area contributed by atoms with Crippen LogP contribution in [0.15, 0.2) is 41.8 Å². The minimum Gasteiger partial charge on any atom is -0.326 e. The Labute approximate surface area is 304 Å². The zero-order valence-electron chi connectivity index (χ0n) is 28.6. The Bertz CT molecular complexity index is 1820. The number of hydrogen-bond donors (Lipinski definition) is 1. The van der Waals surface area contributed by atoms with Crippen LogP contribution in [0.2, 0.25) is 0 Å². The molecule has 50 heavy (non-hydrogen) atoms. The molecule has 2 aromatic carbocycles. The number of fused-ring (bicyclic) bond motifs is 8. The van der Waals surface area contributed by atoms with Gasteiger partial charge in [0, 0.05) is 23.5 Å². The number of ketones is 1. The van der Waals surface area contributed by atoms with Crippen LogP contribution in [0.1, 0.15) is 69.5 Å². The lowest BCUT2D eigenvalue weighted by Gasteiger charge is -2.56. The number of nitrogens with zero attached hydrogens (tertiary/aromatic N) is 2. The van der Waals surface area contributed by atoms with E-state index in [0.717, 1.165) is 60.7 Å². The van der Waals surface area contributed by atoms with Crippen molar-refractivity contribution in [2.24, 2.45) is 23.5 Å². The quantitative estimate of drug-likeness (QED) is 0.167. The summed E-state index contributed by atoms with van der Waals surface area (Å²) in [6.07, 6.45) is 5.71. The summed E-state index contributed by atoms with van der Waals surface area (Å²) in [6.45, 7) is 13.8. The number of thiophene rings is 2. The van der Waals surface area contributed by atoms with Gasteiger partial charge in [0.2, 0.25) is 0 Å². The molecule has 6 nitrogen and oxygen atoms in total. The molecule has 13 heteroatoms. The normalized spacial score (nSPS) is 26.7. The smallest absolute Gasteiger partial charge is 0.326 e. The molecule has 6 saturated heterocycles. The van der Waals surface area contributed by atoms with E-state index in [2.05, 4.69) is 37.5 Å². The molecule has 0 saturated carbocycles. The van der Waals surface area contributed by atoms with Gasteiger partial charge in [-0.25, -0.2) is 17.6 Å². The lowest BCUT2D eigenvalue weighted by Crippen LogP contribution is -2.67. The number of hydrogen-bond acceptors (Lipinski definition) is 8. The number of benzene rings is 2. The van der Waals surface area contributed by atoms with E-state index in [-0.39, 0.29) is 40.1 Å². The molecule has 4 bridgehead atoms. The first-order valence-corrected chi connectivity index (χ1v) is 18.4. The van der Waals surface area contributed by atoms with Crippen LogP contribution in [0.25, 0.3) is 20.2 Å². The summed E-state index contributed by atoms with van der Waals surface area (Å²) in [7, 11) is 0. The van der Waals surface area contributed by atoms with Gasteiger partial charge < -0.3 is 5.73 Å². The summed E-state index contributed by atoms with van der Waals surface area (Å²) >= 11 is 2.29. The predicted octanol–water partition coefficient (Wildman–Crippen LogP) is 8.71. The molecule has 0 aliphatic carbocycles. The van der Waals surface area contributed by atoms with Gasteiger partial charge in [-0.15, -0.1) is 35.1 Å². The number of carbonyl (C=O) groups excluding carboxylic acids is 3. The fraction of sp³-hybridized carbons (Fsp3) is 0.514. The van der Waals surface area contributed by atoms with Crippen molar-refractivity contribution < 1.29 is 31.9 Å². The van der Waals surface area contributed by atoms with Crippen LogP contribution in [0.4, 0.5) is 17.6 Å². The molecule has 0 unspecified atom stereocenters. The van der Waals surface area contributed by atoms with Crippen LogP contribution in [-0.2, 0) is 9.59 Å². The van der Waals surface area contributed by atoms with Gasteiger partial charge in [0.25, 0.3) is 0 Å². The molecule has 6 fully saturated rings. The molecule has 2 atom stereocenters. The standard InChI is InChI=1S/C19H21F2NOS.C9H18N2.C8H4F2S.CO2.ClH/c1-19(2)13(11-5-7-22(19)8-6-11)10-15(23)16-9-12-3-4-14(20)17(21)18(12)24-16;1-9(2)8(10)7-3-5-11(9)6-4-7;9-6-2-1-5-3-4-11-8(5)7(6)10;2-1-3;/h3-4,9,11,13H,5-8,10H2,1-2H3;7-8H,3-6,10H2,1-2H3;1-4H;;1H/t13-;8-;;;/m11.../s1. The summed E-state index contributed by atoms with van der Waals surface area (Å²) in [5.74, 6) is -1.44. The van der Waals surface area contributed by atoms with Gasteiger partial charge >= 0.3 is 6.15 Å². The number of rotatable bonds is 3. The third-order valence-corrected chi connectivity index (χ3v) is 13.4. The van der Waals surface area contributed by atoms with Crippen molar-refractivity contribution in [2.45, 2.75) is 76.9 Å². The highest BCUT2D eigenvalue weighted by Gasteiger charge is 2.48. The Morgan fingerprint density at radius 1 is 0.800 bits per heavy atom. The lowest BCUT2D eigenvalue weighted by atomic mass is 9.65. The van der Waals surface area contributed by atoms with E-state index >= 15 is 0 Å². The third-order valence-electron chi connectivity index (χ3n) is 11.3. The summed E-state index contributed by atoms with van der Waals surface area (Å²) in [5, 5.41) is 3.11. The van der Waals surface area contributed by atoms with Crippen molar-refractivity contribution in [2.75, 3.05) is 26.2 Å². The van der Waals surface area contributed by atoms with E-state index in [1.807, 2.05) is 0 Å². The average Bonchev–Trinajstić information content (AvgIpc) is 3.75. The average molecular weight is 754 g/mol. The van der Waals surface area contributed by atoms with Crippen LogP contribution in [-0.4, -0.2) is 65.0 Å². The second-order valence-electron chi connectivity index (χ2n) is 14.4. The van der Waals surface area contributed by atoms with Crippen LogP contribution < -0.4 is 5.73 Å². The topological polar surface area (TPSA) is 83.7 Å². The maximum Gasteiger partial charge on any atom is 0.373 e. The maximum absolute atomic E-state index is 13.9. The van der Waals surface area contributed by atoms with Crippen LogP contribution in [0, 0.1) is 41.0 Å². The Balaban J connectivity index is 0.000000180. The largest absolute Gasteiger partial charge is 0.373 e. The molecule has 2 N–H and O–H groups in total. The van der Waals surface area contributed by atoms with Gasteiger partial charge in [-0.2, -0.15) is 9.59 Å². The molecule has 0 radical (unpaired) electrons. The van der Waals surface area contributed by atoms with E-state index in [1.165, 1.54) is 37.3 Å². The van der Waals surface area contributed by atoms with Crippen molar-refractivity contribution in [3.05, 3.63) is 69.9 Å². The monoisotopic (exact) mass is 753 g/mol. The Kier molecular flexibility index (Phi) is 13.1. The summed E-state index contributed by atoms with van der Waals surface area (Å²) in [5.41, 5.74) is 6.45. The van der Waals surface area contributed by atoms with E-state index < -0.39 is 23.3 Å². The number of halogens is 5. The molecular formula is C37H44ClF4N3O3S2. The minimum atomic E-state index is -0.859. The maximum atomic E-state index is 13.9. The zero-order chi connectivity index (χ0) is 35.7. The summed E-state index contributed by atoms with van der Waals surface area (Å²) < 4.78 is 53.3. The molecule has 0 spiro atoms. The van der Waals surface area contributed by atoms with E-state index in [1.54, 1.807) is 29.6 Å². The van der Waals surface area contributed by atoms with Gasteiger partial charge in [0.15, 0.2) is 29.1 Å². The number of carbonyl (C=O) groups is 1. The van der Waals surface area contributed by atoms with Gasteiger partial charge in [0.1, 0.15) is 0 Å². The second kappa shape index (κ2) is 16.3. The van der Waals surface area contributed by atoms with Gasteiger partial charge in [-0.1, -0.05) is 12.1 Å². The first-order valence-electron chi connectivity index (χ1n) is 16.7. The Hall–Kier alpha value is -2.70. The van der Waals surface area contributed by atoms with E-state index in [4.69, 9.17) is 15.3 Å². The molecule has 8 heterocycles. The van der Waals surface area contributed by atoms with Gasteiger partial charge in [0.05, 0.1) is 14.3 Å². The highest BCUT2D eigenvalue weighted by Crippen LogP contribution is 2.46. The Morgan fingerprint density at radius 2 is 1.30 bits per heavy atom. The van der Waals surface area contributed by atoms with Crippen molar-refractivity contribution in [1.82, 2.24) is 9.80 Å². The van der Waals surface area contributed by atoms with Crippen molar-refractivity contribution in [3.8, 4) is 0 Å². The fourth-order valence-corrected chi connectivity index (χ4v) is 10.0. The fourth-order valence-electron chi connectivity index (χ4n) is 8.18. The van der Waals surface area contributed by atoms with Gasteiger partial charge in [-0.05, 0) is 138 Å². The lowest BCUT2D eigenvalue weighted by molar-refractivity contribution is -0.191. The highest BCUT2D eigenvalue weighted by molar-refractivity contribution is 7.20. The molecule has 4 aromatic rings. The van der Waals surface area contributed by atoms with Crippen LogP contribution >= 0.6 is 35.1 Å². The summed E-state index contributed by atoms with van der Waals surface area (Å²) in [6, 6.07) is 9.26. The van der Waals surface area contributed by atoms with Crippen LogP contribution in [0.5, 0.6) is 0 Å². The molecule has 272 valence electrons. The second-order valence-corrected chi connectivity index (χ2v) is 16.4. The molecule has 6 aliphatic heterocycles. The zero-order valence-corrected chi connectivity index (χ0v) is 31.1. The number of piperidine rings is 6. The van der Waals surface area contributed by atoms with Crippen LogP contribution in [0.3, 0.4) is 0 Å². The number of Topliss-reactive ketones (excluding diaryl/α,β-unsaturated/α-hetero) is 1. The molecular weight excluding hydrogens is 710 g/mol. The van der Waals surface area contributed by atoms with E-state index in [0.29, 0.717) is 39.3 Å². The highest BCUT2D eigenvalue weighted by atomic mass is 35.5. The number of nitrogens with two attached hydrogens (primary N) is 1. The predicted molar refractivity (Wildman–Crippen MR) is 193 cm³/mol. The molecule has 2 aromatic heterocycles. The minimum absolute atomic E-state index is 0. The first kappa shape index (κ1) is 40.1. The molecule has 6 aliphatic rings. The van der Waals surface area contributed by atoms with Crippen molar-refractivity contribution in [1.29, 1.82) is 0 Å². The van der Waals surface area contributed by atoms with Crippen molar-refractivity contribution >= 4 is 67.2 Å². The summed E-state index contributed by atoms with van der Waals surface area (Å²) in [4.78, 5) is 34.6. The van der Waals surface area contributed by atoms with Gasteiger partial charge in [-0.3, -0.25) is 14.6 Å². The van der Waals surface area contributed by atoms with Crippen molar-refractivity contribution in [3.63, 3.8) is 0 Å². The third kappa shape index (κ3) is 8.02. The van der Waals surface area contributed by atoms with E-state index in [9.17, 15) is 22.4 Å². The Morgan fingerprint density at radius 3 is 1.80 bits per heavy atom. The first-order chi connectivity index (χ1) is 23.2.